The fraction of sp³-hybridized carbons (Fsp3) is 0.0435. The molecule has 4 rings (SSSR count). The zero-order chi connectivity index (χ0) is 21.3. The zero-order valence-corrected chi connectivity index (χ0v) is 18.4. The molecule has 1 heterocycles. The molecule has 0 radical (unpaired) electrons. The van der Waals surface area contributed by atoms with Crippen molar-refractivity contribution in [2.45, 2.75) is 5.92 Å². The average molecular weight is 528 g/mol. The lowest BCUT2D eigenvalue weighted by Crippen LogP contribution is -2.21. The lowest BCUT2D eigenvalue weighted by atomic mass is 9.83. The number of phenols is 1. The number of nitrogens with zero attached hydrogens (tertiary/aromatic N) is 2. The summed E-state index contributed by atoms with van der Waals surface area (Å²) < 4.78 is 6.68. The predicted octanol–water partition coefficient (Wildman–Crippen LogP) is 5.62. The molecule has 3 aromatic carbocycles. The van der Waals surface area contributed by atoms with E-state index < -0.39 is 5.92 Å². The fourth-order valence-electron chi connectivity index (χ4n) is 3.34. The van der Waals surface area contributed by atoms with Crippen molar-refractivity contribution < 1.29 is 9.84 Å². The van der Waals surface area contributed by atoms with Gasteiger partial charge in [0, 0.05) is 27.0 Å². The van der Waals surface area contributed by atoms with E-state index in [1.807, 2.05) is 36.4 Å². The molecule has 1 aliphatic heterocycles. The molecule has 1 unspecified atom stereocenters. The lowest BCUT2D eigenvalue weighted by molar-refractivity contribution is 0.388. The molecule has 3 N–H and O–H groups in total. The SMILES string of the molecule is N#CC1=C(N)Oc2cc(O)c(C=Nc3ccccc3Cl)cc2C1c1cccc(I)c1. The highest BCUT2D eigenvalue weighted by Gasteiger charge is 2.31. The van der Waals surface area contributed by atoms with Crippen LogP contribution in [-0.4, -0.2) is 11.3 Å². The van der Waals surface area contributed by atoms with Gasteiger partial charge in [0.15, 0.2) is 0 Å². The number of para-hydroxylation sites is 1. The minimum absolute atomic E-state index is 0.0147. The number of nitriles is 1. The average Bonchev–Trinajstić information content (AvgIpc) is 2.72. The number of halogens is 2. The third kappa shape index (κ3) is 3.86. The van der Waals surface area contributed by atoms with Gasteiger partial charge in [-0.25, -0.2) is 0 Å². The van der Waals surface area contributed by atoms with Gasteiger partial charge in [0.1, 0.15) is 23.1 Å². The summed E-state index contributed by atoms with van der Waals surface area (Å²) in [7, 11) is 0. The number of nitrogens with two attached hydrogens (primary N) is 1. The van der Waals surface area contributed by atoms with E-state index >= 15 is 0 Å². The van der Waals surface area contributed by atoms with Gasteiger partial charge in [-0.1, -0.05) is 35.9 Å². The molecule has 0 saturated heterocycles. The molecule has 148 valence electrons. The van der Waals surface area contributed by atoms with Gasteiger partial charge in [0.05, 0.1) is 16.6 Å². The van der Waals surface area contributed by atoms with Crippen LogP contribution < -0.4 is 10.5 Å². The lowest BCUT2D eigenvalue weighted by Gasteiger charge is -2.27. The van der Waals surface area contributed by atoms with Gasteiger partial charge in [-0.3, -0.25) is 4.99 Å². The van der Waals surface area contributed by atoms with Crippen molar-refractivity contribution >= 4 is 46.1 Å². The van der Waals surface area contributed by atoms with Gasteiger partial charge in [0.25, 0.3) is 0 Å². The number of fused-ring (bicyclic) bond motifs is 1. The molecule has 3 aromatic rings. The first-order chi connectivity index (χ1) is 14.5. The normalized spacial score (nSPS) is 15.6. The van der Waals surface area contributed by atoms with E-state index in [1.54, 1.807) is 18.2 Å². The minimum atomic E-state index is -0.415. The first-order valence-electron chi connectivity index (χ1n) is 8.96. The van der Waals surface area contributed by atoms with Crippen LogP contribution >= 0.6 is 34.2 Å². The standard InChI is InChI=1S/C23H15ClIN3O2/c24-18-6-1-2-7-19(18)28-12-14-9-16-21(10-20(14)29)30-23(27)17(11-26)22(16)13-4-3-5-15(25)8-13/h1-10,12,22,29H,27H2. The number of hydrogen-bond acceptors (Lipinski definition) is 5. The number of phenolic OH excluding ortho intramolecular Hbond substituents is 1. The summed E-state index contributed by atoms with van der Waals surface area (Å²) >= 11 is 8.39. The number of hydrogen-bond donors (Lipinski definition) is 2. The highest BCUT2D eigenvalue weighted by atomic mass is 127. The summed E-state index contributed by atoms with van der Waals surface area (Å²) in [6.07, 6.45) is 1.54. The molecular weight excluding hydrogens is 513 g/mol. The number of allylic oxidation sites excluding steroid dienone is 1. The van der Waals surface area contributed by atoms with Crippen LogP contribution in [0.15, 0.2) is 77.1 Å². The molecule has 7 heteroatoms. The van der Waals surface area contributed by atoms with E-state index in [-0.39, 0.29) is 11.6 Å². The van der Waals surface area contributed by atoms with Gasteiger partial charge in [-0.2, -0.15) is 5.26 Å². The molecule has 0 amide bonds. The molecule has 0 aliphatic carbocycles. The zero-order valence-electron chi connectivity index (χ0n) is 15.5. The summed E-state index contributed by atoms with van der Waals surface area (Å²) in [5.74, 6) is 0.00850. The summed E-state index contributed by atoms with van der Waals surface area (Å²) in [5, 5.41) is 20.7. The molecule has 0 fully saturated rings. The second-order valence-electron chi connectivity index (χ2n) is 6.64. The Hall–Kier alpha value is -3.02. The Morgan fingerprint density at radius 2 is 1.97 bits per heavy atom. The van der Waals surface area contributed by atoms with Crippen LogP contribution in [0, 0.1) is 14.9 Å². The summed E-state index contributed by atoms with van der Waals surface area (Å²) in [5.41, 5.74) is 9.04. The molecule has 5 nitrogen and oxygen atoms in total. The Kier molecular flexibility index (Phi) is 5.66. The molecule has 0 saturated carbocycles. The molecule has 0 spiro atoms. The van der Waals surface area contributed by atoms with E-state index in [4.69, 9.17) is 22.1 Å². The smallest absolute Gasteiger partial charge is 0.205 e. The Bertz CT molecular complexity index is 1250. The number of benzene rings is 3. The molecule has 1 atom stereocenters. The van der Waals surface area contributed by atoms with E-state index in [9.17, 15) is 10.4 Å². The van der Waals surface area contributed by atoms with Crippen LogP contribution in [-0.2, 0) is 0 Å². The second kappa shape index (κ2) is 8.38. The van der Waals surface area contributed by atoms with Crippen molar-refractivity contribution in [1.29, 1.82) is 5.26 Å². The monoisotopic (exact) mass is 527 g/mol. The van der Waals surface area contributed by atoms with Crippen molar-refractivity contribution in [2.75, 3.05) is 0 Å². The Morgan fingerprint density at radius 3 is 2.70 bits per heavy atom. The van der Waals surface area contributed by atoms with Crippen molar-refractivity contribution in [3.8, 4) is 17.6 Å². The maximum atomic E-state index is 10.5. The largest absolute Gasteiger partial charge is 0.507 e. The van der Waals surface area contributed by atoms with Crippen LogP contribution in [0.4, 0.5) is 5.69 Å². The number of aliphatic imine (C=N–C) groups is 1. The molecular formula is C23H15ClIN3O2. The molecule has 0 bridgehead atoms. The van der Waals surface area contributed by atoms with Crippen molar-refractivity contribution in [2.24, 2.45) is 10.7 Å². The van der Waals surface area contributed by atoms with E-state index in [0.717, 1.165) is 14.7 Å². The first-order valence-corrected chi connectivity index (χ1v) is 10.4. The van der Waals surface area contributed by atoms with Gasteiger partial charge in [0.2, 0.25) is 5.88 Å². The number of ether oxygens (including phenoxy) is 1. The highest BCUT2D eigenvalue weighted by molar-refractivity contribution is 14.1. The third-order valence-electron chi connectivity index (χ3n) is 4.74. The molecule has 0 aromatic heterocycles. The topological polar surface area (TPSA) is 91.6 Å². The van der Waals surface area contributed by atoms with Crippen molar-refractivity contribution in [3.05, 3.63) is 97.4 Å². The Morgan fingerprint density at radius 1 is 1.17 bits per heavy atom. The van der Waals surface area contributed by atoms with E-state index in [2.05, 4.69) is 33.7 Å². The van der Waals surface area contributed by atoms with Gasteiger partial charge in [-0.05, 0) is 58.5 Å². The third-order valence-corrected chi connectivity index (χ3v) is 5.73. The van der Waals surface area contributed by atoms with Crippen molar-refractivity contribution in [1.82, 2.24) is 0 Å². The van der Waals surface area contributed by atoms with Crippen LogP contribution in [0.3, 0.4) is 0 Å². The van der Waals surface area contributed by atoms with Crippen LogP contribution in [0.2, 0.25) is 5.02 Å². The summed E-state index contributed by atoms with van der Waals surface area (Å²) in [6.45, 7) is 0. The summed E-state index contributed by atoms with van der Waals surface area (Å²) in [4.78, 5) is 4.39. The highest BCUT2D eigenvalue weighted by Crippen LogP contribution is 2.44. The summed E-state index contributed by atoms with van der Waals surface area (Å²) in [6, 6.07) is 20.4. The van der Waals surface area contributed by atoms with E-state index in [0.29, 0.717) is 27.6 Å². The first kappa shape index (κ1) is 20.3. The van der Waals surface area contributed by atoms with Gasteiger partial charge < -0.3 is 15.6 Å². The molecule has 30 heavy (non-hydrogen) atoms. The van der Waals surface area contributed by atoms with E-state index in [1.165, 1.54) is 12.3 Å². The van der Waals surface area contributed by atoms with Crippen LogP contribution in [0.1, 0.15) is 22.6 Å². The fourth-order valence-corrected chi connectivity index (χ4v) is 4.09. The van der Waals surface area contributed by atoms with Gasteiger partial charge in [-0.15, -0.1) is 0 Å². The Labute approximate surface area is 192 Å². The number of rotatable bonds is 3. The van der Waals surface area contributed by atoms with Crippen LogP contribution in [0.25, 0.3) is 0 Å². The minimum Gasteiger partial charge on any atom is -0.507 e. The number of aromatic hydroxyl groups is 1. The maximum Gasteiger partial charge on any atom is 0.205 e. The quantitative estimate of drug-likeness (QED) is 0.342. The van der Waals surface area contributed by atoms with Crippen molar-refractivity contribution in [3.63, 3.8) is 0 Å². The molecule has 1 aliphatic rings. The maximum absolute atomic E-state index is 10.5. The van der Waals surface area contributed by atoms with Gasteiger partial charge >= 0.3 is 0 Å². The van der Waals surface area contributed by atoms with Crippen LogP contribution in [0.5, 0.6) is 11.5 Å². The second-order valence-corrected chi connectivity index (χ2v) is 8.29. The Balaban J connectivity index is 1.84. The predicted molar refractivity (Wildman–Crippen MR) is 125 cm³/mol.